The van der Waals surface area contributed by atoms with Gasteiger partial charge in [-0.05, 0) is 37.5 Å². The van der Waals surface area contributed by atoms with Gasteiger partial charge in [-0.1, -0.05) is 17.8 Å². The first-order valence-corrected chi connectivity index (χ1v) is 8.56. The summed E-state index contributed by atoms with van der Waals surface area (Å²) >= 11 is 0.932. The Morgan fingerprint density at radius 2 is 2.20 bits per heavy atom. The number of aryl methyl sites for hydroxylation is 1. The molecule has 0 spiro atoms. The van der Waals surface area contributed by atoms with E-state index < -0.39 is 17.1 Å². The lowest BCUT2D eigenvalue weighted by Crippen LogP contribution is -2.44. The first kappa shape index (κ1) is 17.3. The number of hydrogen-bond acceptors (Lipinski definition) is 8. The van der Waals surface area contributed by atoms with Crippen LogP contribution in [0.25, 0.3) is 0 Å². The molecular formula is C16H16N3O5S-. The second-order valence-corrected chi connectivity index (χ2v) is 6.80. The highest BCUT2D eigenvalue weighted by molar-refractivity contribution is 8.15. The topological polar surface area (TPSA) is 112 Å². The maximum Gasteiger partial charge on any atom is 0.231 e. The van der Waals surface area contributed by atoms with Gasteiger partial charge in [-0.25, -0.2) is 0 Å². The summed E-state index contributed by atoms with van der Waals surface area (Å²) in [5.41, 5.74) is 1.85. The van der Waals surface area contributed by atoms with Gasteiger partial charge in [0.2, 0.25) is 12.7 Å². The van der Waals surface area contributed by atoms with Gasteiger partial charge in [0.15, 0.2) is 16.7 Å². The van der Waals surface area contributed by atoms with Crippen molar-refractivity contribution in [2.75, 3.05) is 6.79 Å². The third-order valence-electron chi connectivity index (χ3n) is 3.66. The Balaban J connectivity index is 1.58. The maximum atomic E-state index is 11.5. The van der Waals surface area contributed by atoms with Crippen LogP contribution in [0.3, 0.4) is 0 Å². The highest BCUT2D eigenvalue weighted by Gasteiger charge is 2.25. The Morgan fingerprint density at radius 3 is 3.00 bits per heavy atom. The van der Waals surface area contributed by atoms with Crippen molar-refractivity contribution >= 4 is 34.5 Å². The van der Waals surface area contributed by atoms with Crippen LogP contribution >= 0.6 is 11.8 Å². The van der Waals surface area contributed by atoms with Crippen molar-refractivity contribution in [1.82, 2.24) is 5.32 Å². The van der Waals surface area contributed by atoms with Gasteiger partial charge in [-0.3, -0.25) is 4.79 Å². The van der Waals surface area contributed by atoms with Gasteiger partial charge >= 0.3 is 0 Å². The largest absolute Gasteiger partial charge is 0.549 e. The van der Waals surface area contributed by atoms with Gasteiger partial charge in [0.25, 0.3) is 0 Å². The number of carbonyl (C=O) groups is 2. The maximum absolute atomic E-state index is 11.5. The third-order valence-corrected chi connectivity index (χ3v) is 4.71. The number of carboxylic acid groups (broad SMARTS) is 1. The van der Waals surface area contributed by atoms with Gasteiger partial charge < -0.3 is 24.7 Å². The van der Waals surface area contributed by atoms with Crippen LogP contribution in [-0.4, -0.2) is 34.8 Å². The summed E-state index contributed by atoms with van der Waals surface area (Å²) in [5.74, 6) is -0.203. The summed E-state index contributed by atoms with van der Waals surface area (Å²) in [6.45, 7) is 2.07. The van der Waals surface area contributed by atoms with E-state index in [1.54, 1.807) is 0 Å². The van der Waals surface area contributed by atoms with E-state index in [0.717, 1.165) is 41.0 Å². The average molecular weight is 362 g/mol. The molecule has 1 N–H and O–H groups in total. The Hall–Kier alpha value is -2.55. The second-order valence-electron chi connectivity index (χ2n) is 5.61. The van der Waals surface area contributed by atoms with E-state index >= 15 is 0 Å². The number of hydrogen-bond donors (Lipinski definition) is 1. The van der Waals surface area contributed by atoms with Crippen LogP contribution in [0.15, 0.2) is 28.4 Å². The Morgan fingerprint density at radius 1 is 1.40 bits per heavy atom. The molecule has 9 heteroatoms. The number of thioether (sulfide) groups is 1. The highest BCUT2D eigenvalue weighted by atomic mass is 32.2. The zero-order chi connectivity index (χ0) is 17.8. The molecule has 8 nitrogen and oxygen atoms in total. The highest BCUT2D eigenvalue weighted by Crippen LogP contribution is 2.32. The third kappa shape index (κ3) is 4.50. The lowest BCUT2D eigenvalue weighted by atomic mass is 10.1. The molecule has 1 fully saturated rings. The van der Waals surface area contributed by atoms with Crippen molar-refractivity contribution in [2.24, 2.45) is 10.2 Å². The quantitative estimate of drug-likeness (QED) is 0.601. The van der Waals surface area contributed by atoms with E-state index in [9.17, 15) is 14.7 Å². The first-order chi connectivity index (χ1) is 12.0. The molecule has 0 unspecified atom stereocenters. The zero-order valence-electron chi connectivity index (χ0n) is 13.5. The van der Waals surface area contributed by atoms with E-state index in [2.05, 4.69) is 15.5 Å². The molecule has 1 saturated heterocycles. The average Bonchev–Trinajstić information content (AvgIpc) is 3.05. The minimum atomic E-state index is -1.28. The Labute approximate surface area is 148 Å². The fourth-order valence-corrected chi connectivity index (χ4v) is 3.19. The number of aliphatic carboxylic acids is 1. The molecule has 0 bridgehead atoms. The van der Waals surface area contributed by atoms with Crippen LogP contribution in [0.1, 0.15) is 25.3 Å². The molecule has 3 rings (SSSR count). The number of fused-ring (bicyclic) bond motifs is 1. The number of rotatable bonds is 5. The molecule has 25 heavy (non-hydrogen) atoms. The van der Waals surface area contributed by atoms with Gasteiger partial charge in [0, 0.05) is 12.1 Å². The molecule has 1 aromatic rings. The van der Waals surface area contributed by atoms with Crippen molar-refractivity contribution in [1.29, 1.82) is 0 Å². The van der Waals surface area contributed by atoms with Crippen LogP contribution in [0.5, 0.6) is 11.5 Å². The van der Waals surface area contributed by atoms with Crippen molar-refractivity contribution in [2.45, 2.75) is 31.4 Å². The smallest absolute Gasteiger partial charge is 0.231 e. The van der Waals surface area contributed by atoms with Gasteiger partial charge in [-0.15, -0.1) is 5.10 Å². The predicted octanol–water partition coefficient (Wildman–Crippen LogP) is 0.451. The molecule has 1 amide bonds. The number of amidine groups is 1. The molecule has 2 heterocycles. The number of nitrogens with zero attached hydrogens (tertiary/aromatic N) is 2. The Kier molecular flexibility index (Phi) is 5.22. The lowest BCUT2D eigenvalue weighted by Gasteiger charge is -2.22. The van der Waals surface area contributed by atoms with Gasteiger partial charge in [0.05, 0.1) is 11.2 Å². The van der Waals surface area contributed by atoms with Crippen LogP contribution in [0.4, 0.5) is 0 Å². The normalized spacial score (nSPS) is 21.3. The molecule has 0 aliphatic carbocycles. The molecule has 0 aromatic heterocycles. The number of benzene rings is 1. The summed E-state index contributed by atoms with van der Waals surface area (Å²) in [7, 11) is 0. The Bertz CT molecular complexity index is 762. The summed E-state index contributed by atoms with van der Waals surface area (Å²) in [5, 5.41) is 20.6. The summed E-state index contributed by atoms with van der Waals surface area (Å²) in [6.07, 6.45) is 1.29. The number of amides is 1. The van der Waals surface area contributed by atoms with Gasteiger partial charge in [0.1, 0.15) is 0 Å². The lowest BCUT2D eigenvalue weighted by molar-refractivity contribution is -0.304. The number of carbonyl (C=O) groups excluding carboxylic acids is 2. The number of carboxylic acids is 1. The van der Waals surface area contributed by atoms with Gasteiger partial charge in [-0.2, -0.15) is 5.10 Å². The van der Waals surface area contributed by atoms with E-state index in [1.807, 2.05) is 25.1 Å². The molecule has 0 radical (unpaired) electrons. The minimum Gasteiger partial charge on any atom is -0.549 e. The van der Waals surface area contributed by atoms with Crippen LogP contribution in [0.2, 0.25) is 0 Å². The van der Waals surface area contributed by atoms with E-state index in [-0.39, 0.29) is 18.4 Å². The molecule has 132 valence electrons. The minimum absolute atomic E-state index is 0.126. The zero-order valence-corrected chi connectivity index (χ0v) is 14.3. The molecule has 1 aromatic carbocycles. The summed E-state index contributed by atoms with van der Waals surface area (Å²) in [6, 6.07) is 5.77. The second kappa shape index (κ2) is 7.56. The monoisotopic (exact) mass is 362 g/mol. The first-order valence-electron chi connectivity index (χ1n) is 7.68. The molecule has 0 saturated carbocycles. The number of ether oxygens (including phenoxy) is 2. The SMILES string of the molecule is C/C(CCc1ccc2c(c1)OCO2)=N\N=C1/NC(=O)C[C@@H](C(=O)[O-])S1. The van der Waals surface area contributed by atoms with E-state index in [0.29, 0.717) is 6.42 Å². The van der Waals surface area contributed by atoms with Crippen LogP contribution in [-0.2, 0) is 16.0 Å². The van der Waals surface area contributed by atoms with E-state index in [1.165, 1.54) is 0 Å². The fraction of sp³-hybridized carbons (Fsp3) is 0.375. The van der Waals surface area contributed by atoms with Crippen molar-refractivity contribution in [3.63, 3.8) is 0 Å². The molecule has 1 atom stereocenters. The van der Waals surface area contributed by atoms with Crippen LogP contribution < -0.4 is 19.9 Å². The fourth-order valence-electron chi connectivity index (χ4n) is 2.33. The predicted molar refractivity (Wildman–Crippen MR) is 90.6 cm³/mol. The molecule has 2 aliphatic rings. The van der Waals surface area contributed by atoms with E-state index in [4.69, 9.17) is 9.47 Å². The van der Waals surface area contributed by atoms with Crippen LogP contribution in [0, 0.1) is 0 Å². The summed E-state index contributed by atoms with van der Waals surface area (Å²) in [4.78, 5) is 22.4. The van der Waals surface area contributed by atoms with Crippen molar-refractivity contribution < 1.29 is 24.2 Å². The summed E-state index contributed by atoms with van der Waals surface area (Å²) < 4.78 is 10.6. The standard InChI is InChI=1S/C16H17N3O5S/c1-9(2-3-10-4-5-11-12(6-10)24-8-23-11)18-19-16-17-14(20)7-13(25-16)15(21)22/h4-6,13H,2-3,7-8H2,1H3,(H,21,22)(H,17,19,20)/p-1/b18-9+/t13-/m0/s1. The van der Waals surface area contributed by atoms with Crippen molar-refractivity contribution in [3.05, 3.63) is 23.8 Å². The number of nitrogens with one attached hydrogen (secondary N) is 1. The molecular weight excluding hydrogens is 346 g/mol. The van der Waals surface area contributed by atoms with Crippen molar-refractivity contribution in [3.8, 4) is 11.5 Å². The molecule has 2 aliphatic heterocycles.